The molecular formula is C15H16BrFN2OS. The minimum Gasteiger partial charge on any atom is -0.338 e. The summed E-state index contributed by atoms with van der Waals surface area (Å²) in [6, 6.07) is 4.76. The Hall–Kier alpha value is -1.27. The molecule has 0 fully saturated rings. The lowest BCUT2D eigenvalue weighted by Gasteiger charge is -2.21. The Morgan fingerprint density at radius 3 is 2.86 bits per heavy atom. The molecule has 2 rings (SSSR count). The van der Waals surface area contributed by atoms with Crippen LogP contribution < -0.4 is 0 Å². The molecule has 0 N–H and O–H groups in total. The Kier molecular flexibility index (Phi) is 5.47. The summed E-state index contributed by atoms with van der Waals surface area (Å²) >= 11 is 4.85. The first kappa shape index (κ1) is 16.1. The predicted molar refractivity (Wildman–Crippen MR) is 85.7 cm³/mol. The van der Waals surface area contributed by atoms with Crippen LogP contribution in [0.1, 0.15) is 23.2 Å². The van der Waals surface area contributed by atoms with E-state index in [2.05, 4.69) is 20.9 Å². The monoisotopic (exact) mass is 370 g/mol. The molecule has 0 atom stereocenters. The van der Waals surface area contributed by atoms with Crippen molar-refractivity contribution in [2.75, 3.05) is 6.54 Å². The Labute approximate surface area is 135 Å². The van der Waals surface area contributed by atoms with E-state index in [1.807, 2.05) is 19.2 Å². The van der Waals surface area contributed by atoms with Gasteiger partial charge in [-0.05, 0) is 32.0 Å². The topological polar surface area (TPSA) is 33.2 Å². The molecule has 0 bridgehead atoms. The maximum atomic E-state index is 13.8. The number of amides is 1. The van der Waals surface area contributed by atoms with E-state index in [1.165, 1.54) is 17.4 Å². The van der Waals surface area contributed by atoms with E-state index in [0.29, 0.717) is 12.1 Å². The molecule has 0 spiro atoms. The molecule has 0 saturated carbocycles. The highest BCUT2D eigenvalue weighted by molar-refractivity contribution is 9.10. The highest BCUT2D eigenvalue weighted by atomic mass is 79.9. The Morgan fingerprint density at radius 1 is 1.48 bits per heavy atom. The van der Waals surface area contributed by atoms with Gasteiger partial charge < -0.3 is 4.90 Å². The van der Waals surface area contributed by atoms with Crippen LogP contribution in [0.15, 0.2) is 28.1 Å². The third kappa shape index (κ3) is 4.35. The second-order valence-corrected chi connectivity index (χ2v) is 6.66. The Bertz CT molecular complexity index is 644. The third-order valence-corrected chi connectivity index (χ3v) is 4.42. The van der Waals surface area contributed by atoms with Crippen LogP contribution >= 0.6 is 27.3 Å². The molecule has 2 aromatic rings. The second-order valence-electron chi connectivity index (χ2n) is 4.68. The van der Waals surface area contributed by atoms with Crippen molar-refractivity contribution < 1.29 is 9.18 Å². The van der Waals surface area contributed by atoms with E-state index >= 15 is 0 Å². The molecule has 0 aliphatic rings. The van der Waals surface area contributed by atoms with Crippen molar-refractivity contribution in [2.24, 2.45) is 0 Å². The first-order valence-corrected chi connectivity index (χ1v) is 8.29. The molecular weight excluding hydrogens is 355 g/mol. The van der Waals surface area contributed by atoms with E-state index in [-0.39, 0.29) is 24.7 Å². The highest BCUT2D eigenvalue weighted by Crippen LogP contribution is 2.18. The SMILES string of the molecule is CCN(Cc1cc(Br)ccc1F)C(=O)Cc1csc(C)n1. The standard InChI is InChI=1S/C15H16BrFN2OS/c1-3-19(8-11-6-12(16)4-5-14(11)17)15(20)7-13-9-21-10(2)18-13/h4-6,9H,3,7-8H2,1-2H3. The number of benzene rings is 1. The van der Waals surface area contributed by atoms with E-state index in [4.69, 9.17) is 0 Å². The number of thiazole rings is 1. The molecule has 0 unspecified atom stereocenters. The van der Waals surface area contributed by atoms with Gasteiger partial charge in [-0.15, -0.1) is 11.3 Å². The zero-order chi connectivity index (χ0) is 15.4. The first-order valence-electron chi connectivity index (χ1n) is 6.62. The highest BCUT2D eigenvalue weighted by Gasteiger charge is 2.16. The van der Waals surface area contributed by atoms with Crippen LogP contribution in [-0.2, 0) is 17.8 Å². The molecule has 1 heterocycles. The molecule has 1 aromatic heterocycles. The summed E-state index contributed by atoms with van der Waals surface area (Å²) in [6.07, 6.45) is 0.258. The predicted octanol–water partition coefficient (Wildman–Crippen LogP) is 3.94. The van der Waals surface area contributed by atoms with Gasteiger partial charge in [0.2, 0.25) is 5.91 Å². The fourth-order valence-electron chi connectivity index (χ4n) is 2.00. The van der Waals surface area contributed by atoms with Gasteiger partial charge in [0, 0.05) is 28.5 Å². The van der Waals surface area contributed by atoms with E-state index in [0.717, 1.165) is 15.2 Å². The number of rotatable bonds is 5. The smallest absolute Gasteiger partial charge is 0.228 e. The molecule has 0 aliphatic heterocycles. The third-order valence-electron chi connectivity index (χ3n) is 3.10. The summed E-state index contributed by atoms with van der Waals surface area (Å²) in [5, 5.41) is 2.83. The van der Waals surface area contributed by atoms with E-state index in [1.54, 1.807) is 17.0 Å². The van der Waals surface area contributed by atoms with Crippen LogP contribution in [0.3, 0.4) is 0 Å². The largest absolute Gasteiger partial charge is 0.338 e. The molecule has 21 heavy (non-hydrogen) atoms. The quantitative estimate of drug-likeness (QED) is 0.798. The van der Waals surface area contributed by atoms with Crippen molar-refractivity contribution in [3.8, 4) is 0 Å². The molecule has 6 heteroatoms. The minimum absolute atomic E-state index is 0.0397. The van der Waals surface area contributed by atoms with Crippen LogP contribution in [0.4, 0.5) is 4.39 Å². The van der Waals surface area contributed by atoms with Crippen molar-refractivity contribution in [1.82, 2.24) is 9.88 Å². The molecule has 1 aromatic carbocycles. The van der Waals surface area contributed by atoms with Crippen LogP contribution in [0.2, 0.25) is 0 Å². The number of aryl methyl sites for hydroxylation is 1. The van der Waals surface area contributed by atoms with Crippen molar-refractivity contribution in [3.63, 3.8) is 0 Å². The normalized spacial score (nSPS) is 10.7. The number of nitrogens with zero attached hydrogens (tertiary/aromatic N) is 2. The summed E-state index contributed by atoms with van der Waals surface area (Å²) in [6.45, 7) is 4.60. The molecule has 0 saturated heterocycles. The van der Waals surface area contributed by atoms with Crippen LogP contribution in [0.25, 0.3) is 0 Å². The molecule has 112 valence electrons. The number of carbonyl (C=O) groups excluding carboxylic acids is 1. The molecule has 3 nitrogen and oxygen atoms in total. The number of likely N-dealkylation sites (N-methyl/N-ethyl adjacent to an activating group) is 1. The Balaban J connectivity index is 2.08. The van der Waals surface area contributed by atoms with Gasteiger partial charge in [0.15, 0.2) is 0 Å². The average molecular weight is 371 g/mol. The van der Waals surface area contributed by atoms with Gasteiger partial charge in [0.1, 0.15) is 5.82 Å². The maximum Gasteiger partial charge on any atom is 0.228 e. The van der Waals surface area contributed by atoms with Gasteiger partial charge in [-0.3, -0.25) is 4.79 Å². The van der Waals surface area contributed by atoms with Gasteiger partial charge in [-0.1, -0.05) is 15.9 Å². The fourth-order valence-corrected chi connectivity index (χ4v) is 3.02. The van der Waals surface area contributed by atoms with Crippen molar-refractivity contribution in [1.29, 1.82) is 0 Å². The van der Waals surface area contributed by atoms with Gasteiger partial charge in [0.05, 0.1) is 17.1 Å². The summed E-state index contributed by atoms with van der Waals surface area (Å²) in [5.74, 6) is -0.337. The average Bonchev–Trinajstić information content (AvgIpc) is 2.84. The lowest BCUT2D eigenvalue weighted by molar-refractivity contribution is -0.130. The van der Waals surface area contributed by atoms with Crippen molar-refractivity contribution in [2.45, 2.75) is 26.8 Å². The van der Waals surface area contributed by atoms with Crippen molar-refractivity contribution in [3.05, 3.63) is 50.1 Å². The van der Waals surface area contributed by atoms with Crippen LogP contribution in [0, 0.1) is 12.7 Å². The first-order chi connectivity index (χ1) is 9.99. The Morgan fingerprint density at radius 2 is 2.24 bits per heavy atom. The fraction of sp³-hybridized carbons (Fsp3) is 0.333. The second kappa shape index (κ2) is 7.13. The van der Waals surface area contributed by atoms with Gasteiger partial charge in [-0.25, -0.2) is 9.37 Å². The van der Waals surface area contributed by atoms with E-state index in [9.17, 15) is 9.18 Å². The number of halogens is 2. The molecule has 0 aliphatic carbocycles. The molecule has 1 amide bonds. The van der Waals surface area contributed by atoms with Crippen LogP contribution in [0.5, 0.6) is 0 Å². The van der Waals surface area contributed by atoms with Crippen LogP contribution in [-0.4, -0.2) is 22.3 Å². The van der Waals surface area contributed by atoms with Gasteiger partial charge in [-0.2, -0.15) is 0 Å². The maximum absolute atomic E-state index is 13.8. The zero-order valence-electron chi connectivity index (χ0n) is 11.9. The lowest BCUT2D eigenvalue weighted by atomic mass is 10.2. The van der Waals surface area contributed by atoms with Crippen molar-refractivity contribution >= 4 is 33.2 Å². The van der Waals surface area contributed by atoms with Gasteiger partial charge >= 0.3 is 0 Å². The van der Waals surface area contributed by atoms with E-state index < -0.39 is 0 Å². The minimum atomic E-state index is -0.297. The summed E-state index contributed by atoms with van der Waals surface area (Å²) in [5.41, 5.74) is 1.28. The number of aromatic nitrogens is 1. The summed E-state index contributed by atoms with van der Waals surface area (Å²) < 4.78 is 14.6. The number of carbonyl (C=O) groups is 1. The zero-order valence-corrected chi connectivity index (χ0v) is 14.3. The summed E-state index contributed by atoms with van der Waals surface area (Å²) in [4.78, 5) is 18.2. The van der Waals surface area contributed by atoms with Gasteiger partial charge in [0.25, 0.3) is 0 Å². The number of hydrogen-bond donors (Lipinski definition) is 0. The number of hydrogen-bond acceptors (Lipinski definition) is 3. The molecule has 0 radical (unpaired) electrons. The lowest BCUT2D eigenvalue weighted by Crippen LogP contribution is -2.32. The summed E-state index contributed by atoms with van der Waals surface area (Å²) in [7, 11) is 0.